The average molecular weight is 800 g/mol. The van der Waals surface area contributed by atoms with Crippen LogP contribution < -0.4 is 26.4 Å². The van der Waals surface area contributed by atoms with Gasteiger partial charge in [-0.1, -0.05) is 150 Å². The van der Waals surface area contributed by atoms with E-state index in [2.05, 4.69) is 231 Å². The maximum atomic E-state index is 7.58. The van der Waals surface area contributed by atoms with Gasteiger partial charge in [0.15, 0.2) is 5.58 Å². The zero-order valence-electron chi connectivity index (χ0n) is 38.0. The molecule has 0 radical (unpaired) electrons. The van der Waals surface area contributed by atoms with E-state index in [1.165, 1.54) is 50.2 Å². The second kappa shape index (κ2) is 13.3. The highest BCUT2D eigenvalue weighted by Crippen LogP contribution is 2.50. The lowest BCUT2D eigenvalue weighted by Crippen LogP contribution is -2.61. The van der Waals surface area contributed by atoms with Crippen LogP contribution in [0.1, 0.15) is 105 Å². The van der Waals surface area contributed by atoms with E-state index in [0.29, 0.717) is 0 Å². The number of hydrogen-bond donors (Lipinski definition) is 0. The Hall–Kier alpha value is -5.94. The maximum Gasteiger partial charge on any atom is 0.297 e. The van der Waals surface area contributed by atoms with E-state index >= 15 is 0 Å². The van der Waals surface area contributed by atoms with Gasteiger partial charge in [0.2, 0.25) is 0 Å². The molecule has 0 saturated heterocycles. The highest BCUT2D eigenvalue weighted by Gasteiger charge is 2.48. The molecule has 0 spiro atoms. The van der Waals surface area contributed by atoms with Gasteiger partial charge in [-0.25, -0.2) is 0 Å². The Labute approximate surface area is 362 Å². The number of fused-ring (bicyclic) bond motifs is 8. The van der Waals surface area contributed by atoms with Gasteiger partial charge >= 0.3 is 0 Å². The summed E-state index contributed by atoms with van der Waals surface area (Å²) in [6.45, 7) is 27.6. The van der Waals surface area contributed by atoms with E-state index in [4.69, 9.17) is 4.42 Å². The van der Waals surface area contributed by atoms with Crippen LogP contribution in [0.2, 0.25) is 0 Å². The first-order chi connectivity index (χ1) is 28.8. The molecule has 0 aliphatic carbocycles. The number of aromatic nitrogens is 1. The number of benzene rings is 6. The molecule has 6 aromatic carbocycles. The Morgan fingerprint density at radius 3 is 1.52 bits per heavy atom. The average Bonchev–Trinajstić information content (AvgIpc) is 3.74. The molecular formula is C56H58BN3O. The first-order valence-electron chi connectivity index (χ1n) is 22.1. The topological polar surface area (TPSA) is 24.6 Å². The van der Waals surface area contributed by atoms with Gasteiger partial charge in [0, 0.05) is 39.5 Å². The van der Waals surface area contributed by atoms with Crippen LogP contribution in [0.4, 0.5) is 34.1 Å². The van der Waals surface area contributed by atoms with Crippen LogP contribution in [0, 0.1) is 0 Å². The Morgan fingerprint density at radius 1 is 0.443 bits per heavy atom. The predicted molar refractivity (Wildman–Crippen MR) is 262 cm³/mol. The van der Waals surface area contributed by atoms with Crippen LogP contribution in [0.15, 0.2) is 138 Å². The molecule has 0 unspecified atom stereocenters. The quantitative estimate of drug-likeness (QED) is 0.166. The zero-order chi connectivity index (χ0) is 43.0. The fraction of sp³-hybridized carbons (Fsp3) is 0.286. The smallest absolute Gasteiger partial charge is 0.297 e. The first-order valence-corrected chi connectivity index (χ1v) is 22.1. The molecule has 8 aromatic rings. The second-order valence-electron chi connectivity index (χ2n) is 21.6. The third kappa shape index (κ3) is 6.17. The van der Waals surface area contributed by atoms with Crippen LogP contribution in [-0.2, 0) is 21.7 Å². The third-order valence-electron chi connectivity index (χ3n) is 13.2. The van der Waals surface area contributed by atoms with Gasteiger partial charge in [-0.3, -0.25) is 0 Å². The fourth-order valence-corrected chi connectivity index (χ4v) is 9.68. The number of furan rings is 1. The van der Waals surface area contributed by atoms with Crippen molar-refractivity contribution >= 4 is 79.4 Å². The lowest BCUT2D eigenvalue weighted by Gasteiger charge is -2.44. The Morgan fingerprint density at radius 2 is 0.951 bits per heavy atom. The van der Waals surface area contributed by atoms with E-state index in [1.807, 2.05) is 0 Å². The number of rotatable bonds is 3. The standard InChI is InChI=1S/C56H58BN3O/c1-53(2,3)35-22-27-40(28-23-35)58-45-31-26-37(55(7,8)9)32-43(45)57-48-46(58)33-38(56(10,11)12)34-47(48)60(41-29-24-36(25-30-41)54(4,5)6)50-49-51(61-52(50)57)42-20-16-17-21-44(42)59(49)39-18-14-13-15-19-39/h13-34H,1-12H3. The summed E-state index contributed by atoms with van der Waals surface area (Å²) in [5.74, 6) is 0. The lowest BCUT2D eigenvalue weighted by molar-refractivity contribution is 0.589. The van der Waals surface area contributed by atoms with Gasteiger partial charge in [0.1, 0.15) is 16.9 Å². The summed E-state index contributed by atoms with van der Waals surface area (Å²) >= 11 is 0. The SMILES string of the molecule is CC(C)(C)c1ccc(N2c3ccc(C(C)(C)C)cc3B3c4oc5c6ccccc6n(-c6ccccc6)c5c4N(c4ccc(C(C)(C)C)cc4)c4cc(C(C)(C)C)cc2c43)cc1. The molecule has 4 heterocycles. The third-order valence-corrected chi connectivity index (χ3v) is 13.2. The van der Waals surface area contributed by atoms with Crippen molar-refractivity contribution in [2.45, 2.75) is 105 Å². The molecule has 2 aromatic heterocycles. The van der Waals surface area contributed by atoms with Crippen molar-refractivity contribution in [1.82, 2.24) is 4.57 Å². The van der Waals surface area contributed by atoms with Gasteiger partial charge in [-0.15, -0.1) is 0 Å². The number of anilines is 6. The van der Waals surface area contributed by atoms with Crippen molar-refractivity contribution in [2.75, 3.05) is 9.80 Å². The molecule has 0 bridgehead atoms. The highest BCUT2D eigenvalue weighted by atomic mass is 16.3. The van der Waals surface area contributed by atoms with Crippen molar-refractivity contribution in [3.05, 3.63) is 156 Å². The first kappa shape index (κ1) is 39.2. The summed E-state index contributed by atoms with van der Waals surface area (Å²) in [6.07, 6.45) is 0. The van der Waals surface area contributed by atoms with Crippen LogP contribution in [0.3, 0.4) is 0 Å². The predicted octanol–water partition coefficient (Wildman–Crippen LogP) is 13.6. The van der Waals surface area contributed by atoms with Gasteiger partial charge in [0.05, 0.1) is 5.52 Å². The van der Waals surface area contributed by atoms with Crippen LogP contribution >= 0.6 is 0 Å². The molecule has 0 atom stereocenters. The molecule has 5 heteroatoms. The summed E-state index contributed by atoms with van der Waals surface area (Å²) in [4.78, 5) is 5.07. The monoisotopic (exact) mass is 799 g/mol. The molecule has 61 heavy (non-hydrogen) atoms. The largest absolute Gasteiger partial charge is 0.466 e. The molecule has 306 valence electrons. The van der Waals surface area contributed by atoms with Gasteiger partial charge in [-0.2, -0.15) is 0 Å². The molecule has 0 saturated carbocycles. The summed E-state index contributed by atoms with van der Waals surface area (Å²) in [7, 11) is 0. The summed E-state index contributed by atoms with van der Waals surface area (Å²) in [5, 5.41) is 1.11. The van der Waals surface area contributed by atoms with Crippen molar-refractivity contribution in [2.24, 2.45) is 0 Å². The molecule has 0 N–H and O–H groups in total. The molecule has 0 fully saturated rings. The number of hydrogen-bond acceptors (Lipinski definition) is 3. The molecular weight excluding hydrogens is 741 g/mol. The molecule has 2 aliphatic rings. The zero-order valence-corrected chi connectivity index (χ0v) is 38.0. The molecule has 0 amide bonds. The van der Waals surface area contributed by atoms with Crippen molar-refractivity contribution < 1.29 is 4.42 Å². The number of nitrogens with zero attached hydrogens (tertiary/aromatic N) is 3. The minimum Gasteiger partial charge on any atom is -0.466 e. The van der Waals surface area contributed by atoms with Gasteiger partial charge < -0.3 is 18.8 Å². The van der Waals surface area contributed by atoms with E-state index in [1.54, 1.807) is 0 Å². The molecule has 10 rings (SSSR count). The minimum absolute atomic E-state index is 0.0160. The van der Waals surface area contributed by atoms with E-state index in [9.17, 15) is 0 Å². The summed E-state index contributed by atoms with van der Waals surface area (Å²) in [6, 6.07) is 50.3. The van der Waals surface area contributed by atoms with E-state index in [0.717, 1.165) is 50.4 Å². The Bertz CT molecular complexity index is 3000. The van der Waals surface area contributed by atoms with Crippen LogP contribution in [-0.4, -0.2) is 11.3 Å². The van der Waals surface area contributed by atoms with Gasteiger partial charge in [-0.05, 0) is 122 Å². The van der Waals surface area contributed by atoms with Crippen LogP contribution in [0.5, 0.6) is 0 Å². The highest BCUT2D eigenvalue weighted by molar-refractivity contribution is 7.00. The van der Waals surface area contributed by atoms with E-state index in [-0.39, 0.29) is 28.4 Å². The fourth-order valence-electron chi connectivity index (χ4n) is 9.68. The molecule has 4 nitrogen and oxygen atoms in total. The maximum absolute atomic E-state index is 7.58. The van der Waals surface area contributed by atoms with Crippen molar-refractivity contribution in [3.8, 4) is 5.69 Å². The summed E-state index contributed by atoms with van der Waals surface area (Å²) in [5.41, 5.74) is 19.8. The van der Waals surface area contributed by atoms with Gasteiger partial charge in [0.25, 0.3) is 6.71 Å². The van der Waals surface area contributed by atoms with Crippen LogP contribution in [0.25, 0.3) is 27.7 Å². The Kier molecular flexibility index (Phi) is 8.54. The minimum atomic E-state index is -0.156. The Balaban J connectivity index is 1.38. The molecule has 2 aliphatic heterocycles. The second-order valence-corrected chi connectivity index (χ2v) is 21.6. The summed E-state index contributed by atoms with van der Waals surface area (Å²) < 4.78 is 10.0. The van der Waals surface area contributed by atoms with Crippen molar-refractivity contribution in [1.29, 1.82) is 0 Å². The number of para-hydroxylation sites is 2. The van der Waals surface area contributed by atoms with E-state index < -0.39 is 0 Å². The normalized spacial score (nSPS) is 14.1. The lowest BCUT2D eigenvalue weighted by atomic mass is 9.35. The van der Waals surface area contributed by atoms with Crippen molar-refractivity contribution in [3.63, 3.8) is 0 Å².